The van der Waals surface area contributed by atoms with E-state index < -0.39 is 0 Å². The highest BCUT2D eigenvalue weighted by Crippen LogP contribution is 2.33. The van der Waals surface area contributed by atoms with Crippen molar-refractivity contribution < 1.29 is 4.79 Å². The van der Waals surface area contributed by atoms with Crippen molar-refractivity contribution in [1.82, 2.24) is 15.5 Å². The summed E-state index contributed by atoms with van der Waals surface area (Å²) >= 11 is 0. The summed E-state index contributed by atoms with van der Waals surface area (Å²) in [5.74, 6) is 0.521. The van der Waals surface area contributed by atoms with Crippen molar-refractivity contribution in [1.29, 1.82) is 0 Å². The van der Waals surface area contributed by atoms with Crippen LogP contribution in [0.25, 0.3) is 0 Å². The lowest BCUT2D eigenvalue weighted by Crippen LogP contribution is -2.62. The van der Waals surface area contributed by atoms with Gasteiger partial charge in [-0.15, -0.1) is 0 Å². The van der Waals surface area contributed by atoms with Gasteiger partial charge in [-0.25, -0.2) is 4.79 Å². The number of piperidine rings is 1. The maximum Gasteiger partial charge on any atom is 0.317 e. The van der Waals surface area contributed by atoms with E-state index in [1.807, 2.05) is 4.90 Å². The largest absolute Gasteiger partial charge is 0.338 e. The first kappa shape index (κ1) is 11.7. The molecule has 2 amide bonds. The minimum Gasteiger partial charge on any atom is -0.338 e. The molecule has 16 heavy (non-hydrogen) atoms. The van der Waals surface area contributed by atoms with E-state index in [1.165, 1.54) is 6.42 Å². The van der Waals surface area contributed by atoms with E-state index in [-0.39, 0.29) is 6.03 Å². The van der Waals surface area contributed by atoms with Crippen LogP contribution in [0.4, 0.5) is 4.79 Å². The third-order valence-electron chi connectivity index (χ3n) is 3.61. The van der Waals surface area contributed by atoms with Crippen molar-refractivity contribution in [2.75, 3.05) is 32.7 Å². The van der Waals surface area contributed by atoms with E-state index >= 15 is 0 Å². The highest BCUT2D eigenvalue weighted by atomic mass is 16.2. The molecule has 0 atom stereocenters. The van der Waals surface area contributed by atoms with Crippen LogP contribution >= 0.6 is 0 Å². The van der Waals surface area contributed by atoms with Crippen molar-refractivity contribution in [3.05, 3.63) is 0 Å². The van der Waals surface area contributed by atoms with Crippen LogP contribution in [0, 0.1) is 11.3 Å². The molecule has 2 rings (SSSR count). The standard InChI is InChI=1S/C12H23N3O/c1-10(2)6-14-11(16)15-5-3-4-12(9-15)7-13-8-12/h10,13H,3-9H2,1-2H3,(H,14,16). The molecule has 0 saturated carbocycles. The first-order valence-corrected chi connectivity index (χ1v) is 6.35. The molecule has 2 heterocycles. The number of carbonyl (C=O) groups is 1. The van der Waals surface area contributed by atoms with Crippen LogP contribution in [0.5, 0.6) is 0 Å². The maximum absolute atomic E-state index is 11.9. The van der Waals surface area contributed by atoms with Gasteiger partial charge in [0.15, 0.2) is 0 Å². The molecule has 0 aromatic rings. The van der Waals surface area contributed by atoms with Crippen molar-refractivity contribution in [2.24, 2.45) is 11.3 Å². The molecule has 4 nitrogen and oxygen atoms in total. The van der Waals surface area contributed by atoms with Gasteiger partial charge in [0.2, 0.25) is 0 Å². The van der Waals surface area contributed by atoms with Crippen LogP contribution in [0.2, 0.25) is 0 Å². The van der Waals surface area contributed by atoms with E-state index in [0.717, 1.165) is 39.1 Å². The Labute approximate surface area is 97.8 Å². The molecule has 4 heteroatoms. The lowest BCUT2D eigenvalue weighted by Gasteiger charge is -2.49. The van der Waals surface area contributed by atoms with Gasteiger partial charge in [0, 0.05) is 38.1 Å². The van der Waals surface area contributed by atoms with Gasteiger partial charge < -0.3 is 15.5 Å². The summed E-state index contributed by atoms with van der Waals surface area (Å²) in [5.41, 5.74) is 0.396. The SMILES string of the molecule is CC(C)CNC(=O)N1CCCC2(CNC2)C1. The van der Waals surface area contributed by atoms with Gasteiger partial charge in [-0.2, -0.15) is 0 Å². The molecule has 2 fully saturated rings. The molecule has 1 spiro atoms. The van der Waals surface area contributed by atoms with Crippen LogP contribution in [0.15, 0.2) is 0 Å². The van der Waals surface area contributed by atoms with E-state index in [9.17, 15) is 4.79 Å². The Morgan fingerprint density at radius 1 is 1.50 bits per heavy atom. The number of nitrogens with zero attached hydrogens (tertiary/aromatic N) is 1. The quantitative estimate of drug-likeness (QED) is 0.737. The Morgan fingerprint density at radius 3 is 2.81 bits per heavy atom. The number of hydrogen-bond donors (Lipinski definition) is 2. The highest BCUT2D eigenvalue weighted by Gasteiger charge is 2.41. The van der Waals surface area contributed by atoms with Crippen molar-refractivity contribution in [2.45, 2.75) is 26.7 Å². The first-order chi connectivity index (χ1) is 7.61. The van der Waals surface area contributed by atoms with Crippen LogP contribution in [-0.2, 0) is 0 Å². The third-order valence-corrected chi connectivity index (χ3v) is 3.61. The average Bonchev–Trinajstić information content (AvgIpc) is 2.24. The fraction of sp³-hybridized carbons (Fsp3) is 0.917. The number of nitrogens with one attached hydrogen (secondary N) is 2. The van der Waals surface area contributed by atoms with Crippen molar-refractivity contribution in [3.63, 3.8) is 0 Å². The fourth-order valence-electron chi connectivity index (χ4n) is 2.55. The van der Waals surface area contributed by atoms with Crippen LogP contribution in [0.3, 0.4) is 0 Å². The van der Waals surface area contributed by atoms with Crippen molar-refractivity contribution in [3.8, 4) is 0 Å². The molecule has 2 aliphatic heterocycles. The molecule has 0 radical (unpaired) electrons. The summed E-state index contributed by atoms with van der Waals surface area (Å²) in [6.07, 6.45) is 2.42. The number of likely N-dealkylation sites (tertiary alicyclic amines) is 1. The molecule has 0 aromatic heterocycles. The number of hydrogen-bond acceptors (Lipinski definition) is 2. The second kappa shape index (κ2) is 4.62. The normalized spacial score (nSPS) is 23.3. The Hall–Kier alpha value is -0.770. The number of carbonyl (C=O) groups excluding carboxylic acids is 1. The predicted octanol–water partition coefficient (Wildman–Crippen LogP) is 1.04. The summed E-state index contributed by atoms with van der Waals surface area (Å²) < 4.78 is 0. The molecule has 2 saturated heterocycles. The van der Waals surface area contributed by atoms with E-state index in [1.54, 1.807) is 0 Å². The molecule has 92 valence electrons. The molecule has 0 unspecified atom stereocenters. The molecule has 0 aromatic carbocycles. The minimum atomic E-state index is 0.125. The number of rotatable bonds is 2. The average molecular weight is 225 g/mol. The highest BCUT2D eigenvalue weighted by molar-refractivity contribution is 5.74. The second-order valence-corrected chi connectivity index (χ2v) is 5.71. The molecular formula is C12H23N3O. The molecule has 2 N–H and O–H groups in total. The van der Waals surface area contributed by atoms with Crippen LogP contribution in [0.1, 0.15) is 26.7 Å². The Balaban J connectivity index is 1.82. The van der Waals surface area contributed by atoms with Crippen LogP contribution in [-0.4, -0.2) is 43.7 Å². The zero-order valence-electron chi connectivity index (χ0n) is 10.4. The molecule has 0 aliphatic carbocycles. The van der Waals surface area contributed by atoms with Gasteiger partial charge in [0.05, 0.1) is 0 Å². The number of amides is 2. The Kier molecular flexibility index (Phi) is 3.38. The van der Waals surface area contributed by atoms with E-state index in [2.05, 4.69) is 24.5 Å². The lowest BCUT2D eigenvalue weighted by atomic mass is 9.75. The molecule has 2 aliphatic rings. The smallest absolute Gasteiger partial charge is 0.317 e. The summed E-state index contributed by atoms with van der Waals surface area (Å²) in [5, 5.41) is 6.33. The monoisotopic (exact) mass is 225 g/mol. The van der Waals surface area contributed by atoms with Gasteiger partial charge in [-0.05, 0) is 18.8 Å². The Morgan fingerprint density at radius 2 is 2.25 bits per heavy atom. The first-order valence-electron chi connectivity index (χ1n) is 6.35. The predicted molar refractivity (Wildman–Crippen MR) is 64.3 cm³/mol. The summed E-state index contributed by atoms with van der Waals surface area (Å²) in [7, 11) is 0. The topological polar surface area (TPSA) is 44.4 Å². The van der Waals surface area contributed by atoms with Gasteiger partial charge in [-0.3, -0.25) is 0 Å². The summed E-state index contributed by atoms with van der Waals surface area (Å²) in [6.45, 7) is 9.04. The zero-order valence-corrected chi connectivity index (χ0v) is 10.4. The van der Waals surface area contributed by atoms with Gasteiger partial charge in [-0.1, -0.05) is 13.8 Å². The van der Waals surface area contributed by atoms with Crippen molar-refractivity contribution >= 4 is 6.03 Å². The summed E-state index contributed by atoms with van der Waals surface area (Å²) in [6, 6.07) is 0.125. The molecule has 0 bridgehead atoms. The van der Waals surface area contributed by atoms with Gasteiger partial charge >= 0.3 is 6.03 Å². The second-order valence-electron chi connectivity index (χ2n) is 5.71. The molecular weight excluding hydrogens is 202 g/mol. The van der Waals surface area contributed by atoms with E-state index in [4.69, 9.17) is 0 Å². The Bertz CT molecular complexity index is 261. The fourth-order valence-corrected chi connectivity index (χ4v) is 2.55. The van der Waals surface area contributed by atoms with Gasteiger partial charge in [0.1, 0.15) is 0 Å². The zero-order chi connectivity index (χ0) is 11.6. The minimum absolute atomic E-state index is 0.125. The maximum atomic E-state index is 11.9. The third kappa shape index (κ3) is 2.48. The van der Waals surface area contributed by atoms with Gasteiger partial charge in [0.25, 0.3) is 0 Å². The van der Waals surface area contributed by atoms with E-state index in [0.29, 0.717) is 11.3 Å². The summed E-state index contributed by atoms with van der Waals surface area (Å²) in [4.78, 5) is 13.9. The lowest BCUT2D eigenvalue weighted by molar-refractivity contribution is 0.0584. The van der Waals surface area contributed by atoms with Crippen LogP contribution < -0.4 is 10.6 Å². The number of urea groups is 1.